The second-order valence-corrected chi connectivity index (χ2v) is 6.12. The van der Waals surface area contributed by atoms with Crippen molar-refractivity contribution in [3.8, 4) is 0 Å². The first-order chi connectivity index (χ1) is 8.20. The standard InChI is InChI=1S/C14H19BrClN/c1-2-17-14(8-5-10-3-4-10)12-9-11(15)6-7-13(12)16/h6-7,9-10,14,17H,2-5,8H2,1H3. The van der Waals surface area contributed by atoms with E-state index in [0.29, 0.717) is 6.04 Å². The van der Waals surface area contributed by atoms with E-state index in [1.807, 2.05) is 12.1 Å². The van der Waals surface area contributed by atoms with Crippen molar-refractivity contribution in [3.05, 3.63) is 33.3 Å². The Bertz CT molecular complexity index is 376. The zero-order valence-corrected chi connectivity index (χ0v) is 12.5. The maximum absolute atomic E-state index is 6.30. The van der Waals surface area contributed by atoms with Gasteiger partial charge in [-0.25, -0.2) is 0 Å². The summed E-state index contributed by atoms with van der Waals surface area (Å²) < 4.78 is 1.10. The van der Waals surface area contributed by atoms with Crippen LogP contribution in [0.5, 0.6) is 0 Å². The van der Waals surface area contributed by atoms with Crippen LogP contribution in [-0.4, -0.2) is 6.54 Å². The molecule has 1 unspecified atom stereocenters. The van der Waals surface area contributed by atoms with Crippen LogP contribution in [0.15, 0.2) is 22.7 Å². The zero-order valence-electron chi connectivity index (χ0n) is 10.2. The largest absolute Gasteiger partial charge is 0.310 e. The van der Waals surface area contributed by atoms with Crippen molar-refractivity contribution in [3.63, 3.8) is 0 Å². The summed E-state index contributed by atoms with van der Waals surface area (Å²) in [6, 6.07) is 6.51. The predicted octanol–water partition coefficient (Wildman–Crippen LogP) is 4.94. The summed E-state index contributed by atoms with van der Waals surface area (Å²) in [7, 11) is 0. The van der Waals surface area contributed by atoms with E-state index in [4.69, 9.17) is 11.6 Å². The highest BCUT2D eigenvalue weighted by Gasteiger charge is 2.23. The molecular weight excluding hydrogens is 298 g/mol. The van der Waals surface area contributed by atoms with Gasteiger partial charge >= 0.3 is 0 Å². The van der Waals surface area contributed by atoms with Crippen molar-refractivity contribution in [2.24, 2.45) is 5.92 Å². The van der Waals surface area contributed by atoms with Gasteiger partial charge in [-0.3, -0.25) is 0 Å². The van der Waals surface area contributed by atoms with Crippen LogP contribution in [0.3, 0.4) is 0 Å². The quantitative estimate of drug-likeness (QED) is 0.783. The van der Waals surface area contributed by atoms with E-state index in [9.17, 15) is 0 Å². The fourth-order valence-corrected chi connectivity index (χ4v) is 2.83. The summed E-state index contributed by atoms with van der Waals surface area (Å²) in [5.74, 6) is 0.974. The van der Waals surface area contributed by atoms with Crippen molar-refractivity contribution in [2.45, 2.75) is 38.6 Å². The van der Waals surface area contributed by atoms with Crippen molar-refractivity contribution in [1.29, 1.82) is 0 Å². The summed E-state index contributed by atoms with van der Waals surface area (Å²) in [5.41, 5.74) is 1.23. The van der Waals surface area contributed by atoms with Crippen molar-refractivity contribution >= 4 is 27.5 Å². The van der Waals surface area contributed by atoms with Gasteiger partial charge in [0, 0.05) is 15.5 Å². The molecule has 1 N–H and O–H groups in total. The fourth-order valence-electron chi connectivity index (χ4n) is 2.20. The molecule has 17 heavy (non-hydrogen) atoms. The number of nitrogens with one attached hydrogen (secondary N) is 1. The van der Waals surface area contributed by atoms with Crippen LogP contribution in [0.2, 0.25) is 5.02 Å². The number of rotatable bonds is 6. The number of hydrogen-bond donors (Lipinski definition) is 1. The lowest BCUT2D eigenvalue weighted by atomic mass is 10.0. The highest BCUT2D eigenvalue weighted by Crippen LogP contribution is 2.37. The van der Waals surface area contributed by atoms with Gasteiger partial charge < -0.3 is 5.32 Å². The van der Waals surface area contributed by atoms with Gasteiger partial charge in [0.15, 0.2) is 0 Å². The predicted molar refractivity (Wildman–Crippen MR) is 77.5 cm³/mol. The van der Waals surface area contributed by atoms with Gasteiger partial charge in [-0.1, -0.05) is 47.3 Å². The van der Waals surface area contributed by atoms with Gasteiger partial charge in [0.2, 0.25) is 0 Å². The molecule has 1 aliphatic rings. The topological polar surface area (TPSA) is 12.0 Å². The average Bonchev–Trinajstić information content (AvgIpc) is 3.12. The monoisotopic (exact) mass is 315 g/mol. The van der Waals surface area contributed by atoms with Gasteiger partial charge in [0.05, 0.1) is 0 Å². The van der Waals surface area contributed by atoms with E-state index in [1.54, 1.807) is 0 Å². The van der Waals surface area contributed by atoms with Gasteiger partial charge in [0.25, 0.3) is 0 Å². The molecule has 1 saturated carbocycles. The molecule has 94 valence electrons. The maximum Gasteiger partial charge on any atom is 0.0454 e. The van der Waals surface area contributed by atoms with Gasteiger partial charge in [-0.2, -0.15) is 0 Å². The molecule has 1 aliphatic carbocycles. The number of hydrogen-bond acceptors (Lipinski definition) is 1. The molecule has 1 aromatic rings. The molecule has 0 amide bonds. The van der Waals surface area contributed by atoms with Crippen LogP contribution in [0, 0.1) is 5.92 Å². The SMILES string of the molecule is CCNC(CCC1CC1)c1cc(Br)ccc1Cl. The molecule has 1 fully saturated rings. The van der Waals surface area contributed by atoms with Crippen LogP contribution < -0.4 is 5.32 Å². The summed E-state index contributed by atoms with van der Waals surface area (Å²) in [6.07, 6.45) is 5.35. The molecule has 0 bridgehead atoms. The van der Waals surface area contributed by atoms with Gasteiger partial charge in [-0.05, 0) is 49.1 Å². The van der Waals surface area contributed by atoms with E-state index < -0.39 is 0 Å². The first-order valence-electron chi connectivity index (χ1n) is 6.39. The highest BCUT2D eigenvalue weighted by atomic mass is 79.9. The molecule has 0 saturated heterocycles. The molecule has 1 aromatic carbocycles. The van der Waals surface area contributed by atoms with Gasteiger partial charge in [0.1, 0.15) is 0 Å². The lowest BCUT2D eigenvalue weighted by Crippen LogP contribution is -2.21. The fraction of sp³-hybridized carbons (Fsp3) is 0.571. The minimum Gasteiger partial charge on any atom is -0.310 e. The molecule has 0 spiro atoms. The zero-order chi connectivity index (χ0) is 12.3. The van der Waals surface area contributed by atoms with E-state index in [1.165, 1.54) is 31.2 Å². The Labute approximate surface area is 117 Å². The average molecular weight is 317 g/mol. The first-order valence-corrected chi connectivity index (χ1v) is 7.56. The second kappa shape index (κ2) is 6.21. The van der Waals surface area contributed by atoms with Crippen LogP contribution in [-0.2, 0) is 0 Å². The number of benzene rings is 1. The Balaban J connectivity index is 2.08. The maximum atomic E-state index is 6.30. The molecule has 1 nitrogen and oxygen atoms in total. The third kappa shape index (κ3) is 3.97. The van der Waals surface area contributed by atoms with E-state index >= 15 is 0 Å². The lowest BCUT2D eigenvalue weighted by Gasteiger charge is -2.20. The second-order valence-electron chi connectivity index (χ2n) is 4.80. The Morgan fingerprint density at radius 3 is 2.88 bits per heavy atom. The highest BCUT2D eigenvalue weighted by molar-refractivity contribution is 9.10. The smallest absolute Gasteiger partial charge is 0.0454 e. The van der Waals surface area contributed by atoms with E-state index in [-0.39, 0.29) is 0 Å². The summed E-state index contributed by atoms with van der Waals surface area (Å²) >= 11 is 9.82. The van der Waals surface area contributed by atoms with Gasteiger partial charge in [-0.15, -0.1) is 0 Å². The third-order valence-electron chi connectivity index (χ3n) is 3.34. The van der Waals surface area contributed by atoms with Crippen molar-refractivity contribution < 1.29 is 0 Å². The summed E-state index contributed by atoms with van der Waals surface area (Å²) in [4.78, 5) is 0. The molecule has 0 aliphatic heterocycles. The molecule has 0 heterocycles. The van der Waals surface area contributed by atoms with Crippen LogP contribution in [0.4, 0.5) is 0 Å². The minimum atomic E-state index is 0.394. The van der Waals surface area contributed by atoms with Crippen LogP contribution in [0.25, 0.3) is 0 Å². The van der Waals surface area contributed by atoms with Crippen LogP contribution in [0.1, 0.15) is 44.2 Å². The molecule has 3 heteroatoms. The van der Waals surface area contributed by atoms with E-state index in [2.05, 4.69) is 34.2 Å². The molecular formula is C14H19BrClN. The number of halogens is 2. The normalized spacial score (nSPS) is 17.1. The minimum absolute atomic E-state index is 0.394. The Hall–Kier alpha value is -0.0500. The summed E-state index contributed by atoms with van der Waals surface area (Å²) in [5, 5.41) is 4.42. The lowest BCUT2D eigenvalue weighted by molar-refractivity contribution is 0.481. The first kappa shape index (κ1) is 13.4. The summed E-state index contributed by atoms with van der Waals surface area (Å²) in [6.45, 7) is 3.13. The van der Waals surface area contributed by atoms with E-state index in [0.717, 1.165) is 22.0 Å². The van der Waals surface area contributed by atoms with Crippen molar-refractivity contribution in [2.75, 3.05) is 6.54 Å². The van der Waals surface area contributed by atoms with Crippen LogP contribution >= 0.6 is 27.5 Å². The third-order valence-corrected chi connectivity index (χ3v) is 4.18. The Morgan fingerprint density at radius 2 is 2.24 bits per heavy atom. The molecule has 0 radical (unpaired) electrons. The molecule has 1 atom stereocenters. The molecule has 0 aromatic heterocycles. The Kier molecular flexibility index (Phi) is 4.89. The Morgan fingerprint density at radius 1 is 1.47 bits per heavy atom. The van der Waals surface area contributed by atoms with Crippen molar-refractivity contribution in [1.82, 2.24) is 5.32 Å². The molecule has 2 rings (SSSR count).